The highest BCUT2D eigenvalue weighted by Gasteiger charge is 2.14. The molecule has 0 saturated carbocycles. The van der Waals surface area contributed by atoms with E-state index in [0.717, 1.165) is 6.42 Å². The first-order valence-electron chi connectivity index (χ1n) is 5.66. The molecular formula is C13H15N3O2. The first-order valence-corrected chi connectivity index (χ1v) is 5.66. The summed E-state index contributed by atoms with van der Waals surface area (Å²) in [6, 6.07) is 10.1. The number of nitrogen functional groups attached to an aromatic ring is 1. The van der Waals surface area contributed by atoms with Gasteiger partial charge in [0.05, 0.1) is 12.8 Å². The lowest BCUT2D eigenvalue weighted by Crippen LogP contribution is -2.07. The van der Waals surface area contributed by atoms with Gasteiger partial charge in [-0.1, -0.05) is 30.3 Å². The first kappa shape index (κ1) is 12.2. The number of anilines is 1. The van der Waals surface area contributed by atoms with Crippen molar-refractivity contribution >= 4 is 11.7 Å². The summed E-state index contributed by atoms with van der Waals surface area (Å²) >= 11 is 0. The number of ether oxygens (including phenoxy) is 1. The average Bonchev–Trinajstić information content (AvgIpc) is 2.78. The summed E-state index contributed by atoms with van der Waals surface area (Å²) < 4.78 is 6.26. The molecule has 0 atom stereocenters. The molecule has 0 aliphatic rings. The first-order chi connectivity index (χ1) is 8.70. The molecule has 2 N–H and O–H groups in total. The molecule has 0 aliphatic heterocycles. The molecule has 0 saturated heterocycles. The number of benzene rings is 1. The number of hydrogen-bond acceptors (Lipinski definition) is 4. The van der Waals surface area contributed by atoms with Gasteiger partial charge < -0.3 is 10.5 Å². The van der Waals surface area contributed by atoms with Crippen molar-refractivity contribution in [1.29, 1.82) is 0 Å². The van der Waals surface area contributed by atoms with E-state index in [9.17, 15) is 4.79 Å². The molecule has 1 aromatic heterocycles. The Morgan fingerprint density at radius 1 is 1.39 bits per heavy atom. The van der Waals surface area contributed by atoms with E-state index in [4.69, 9.17) is 5.73 Å². The molecule has 5 nitrogen and oxygen atoms in total. The summed E-state index contributed by atoms with van der Waals surface area (Å²) in [4.78, 5) is 11.3. The van der Waals surface area contributed by atoms with Crippen molar-refractivity contribution in [3.63, 3.8) is 0 Å². The van der Waals surface area contributed by atoms with Crippen molar-refractivity contribution in [2.24, 2.45) is 0 Å². The fourth-order valence-corrected chi connectivity index (χ4v) is 1.69. The molecule has 0 unspecified atom stereocenters. The van der Waals surface area contributed by atoms with E-state index in [1.807, 2.05) is 30.3 Å². The molecule has 0 spiro atoms. The molecule has 1 heterocycles. The molecule has 0 radical (unpaired) electrons. The summed E-state index contributed by atoms with van der Waals surface area (Å²) in [6.45, 7) is 0.672. The number of carbonyl (C=O) groups excluding carboxylic acids is 1. The predicted molar refractivity (Wildman–Crippen MR) is 68.1 cm³/mol. The minimum absolute atomic E-state index is 0.172. The SMILES string of the molecule is COC(=O)c1nn(CCc2ccccc2)cc1N. The van der Waals surface area contributed by atoms with Crippen LogP contribution in [0.15, 0.2) is 36.5 Å². The Bertz CT molecular complexity index is 534. The van der Waals surface area contributed by atoms with Gasteiger partial charge in [-0.2, -0.15) is 5.10 Å². The summed E-state index contributed by atoms with van der Waals surface area (Å²) in [7, 11) is 1.31. The van der Waals surface area contributed by atoms with Gasteiger partial charge in [0, 0.05) is 12.7 Å². The van der Waals surface area contributed by atoms with Gasteiger partial charge in [-0.15, -0.1) is 0 Å². The van der Waals surface area contributed by atoms with Crippen molar-refractivity contribution in [1.82, 2.24) is 9.78 Å². The number of hydrogen-bond donors (Lipinski definition) is 1. The van der Waals surface area contributed by atoms with Gasteiger partial charge in [-0.25, -0.2) is 4.79 Å². The van der Waals surface area contributed by atoms with Crippen molar-refractivity contribution < 1.29 is 9.53 Å². The van der Waals surface area contributed by atoms with Crippen LogP contribution >= 0.6 is 0 Å². The standard InChI is InChI=1S/C13H15N3O2/c1-18-13(17)12-11(14)9-16(15-12)8-7-10-5-3-2-4-6-10/h2-6,9H,7-8,14H2,1H3. The Labute approximate surface area is 105 Å². The van der Waals surface area contributed by atoms with Crippen molar-refractivity contribution in [3.05, 3.63) is 47.8 Å². The highest BCUT2D eigenvalue weighted by molar-refractivity contribution is 5.92. The number of nitrogens with two attached hydrogens (primary N) is 1. The Hall–Kier alpha value is -2.30. The topological polar surface area (TPSA) is 70.1 Å². The Morgan fingerprint density at radius 3 is 2.78 bits per heavy atom. The highest BCUT2D eigenvalue weighted by Crippen LogP contribution is 2.11. The van der Waals surface area contributed by atoms with Crippen LogP contribution in [0.3, 0.4) is 0 Å². The van der Waals surface area contributed by atoms with E-state index in [1.54, 1.807) is 10.9 Å². The summed E-state index contributed by atoms with van der Waals surface area (Å²) in [5.41, 5.74) is 7.43. The maximum Gasteiger partial charge on any atom is 0.360 e. The number of aryl methyl sites for hydroxylation is 2. The summed E-state index contributed by atoms with van der Waals surface area (Å²) in [5.74, 6) is -0.508. The second-order valence-electron chi connectivity index (χ2n) is 3.92. The van der Waals surface area contributed by atoms with Crippen LogP contribution in [-0.4, -0.2) is 22.9 Å². The Balaban J connectivity index is 2.05. The number of nitrogens with zero attached hydrogens (tertiary/aromatic N) is 2. The molecule has 18 heavy (non-hydrogen) atoms. The molecule has 1 aromatic carbocycles. The molecule has 94 valence electrons. The predicted octanol–water partition coefficient (Wildman–Crippen LogP) is 1.49. The van der Waals surface area contributed by atoms with Crippen LogP contribution in [-0.2, 0) is 17.7 Å². The molecule has 5 heteroatoms. The highest BCUT2D eigenvalue weighted by atomic mass is 16.5. The van der Waals surface area contributed by atoms with Crippen LogP contribution in [0.2, 0.25) is 0 Å². The van der Waals surface area contributed by atoms with Gasteiger partial charge in [0.1, 0.15) is 0 Å². The normalized spacial score (nSPS) is 10.3. The van der Waals surface area contributed by atoms with E-state index in [2.05, 4.69) is 9.84 Å². The second-order valence-corrected chi connectivity index (χ2v) is 3.92. The second kappa shape index (κ2) is 5.35. The minimum Gasteiger partial charge on any atom is -0.464 e. The average molecular weight is 245 g/mol. The van der Waals surface area contributed by atoms with E-state index in [-0.39, 0.29) is 5.69 Å². The van der Waals surface area contributed by atoms with Gasteiger partial charge in [-0.3, -0.25) is 4.68 Å². The number of rotatable bonds is 4. The van der Waals surface area contributed by atoms with Crippen LogP contribution in [0.4, 0.5) is 5.69 Å². The third-order valence-corrected chi connectivity index (χ3v) is 2.64. The van der Waals surface area contributed by atoms with Crippen molar-refractivity contribution in [2.75, 3.05) is 12.8 Å². The van der Waals surface area contributed by atoms with Crippen LogP contribution < -0.4 is 5.73 Å². The lowest BCUT2D eigenvalue weighted by molar-refractivity contribution is 0.0594. The zero-order chi connectivity index (χ0) is 13.0. The zero-order valence-corrected chi connectivity index (χ0v) is 10.2. The minimum atomic E-state index is -0.508. The van der Waals surface area contributed by atoms with Gasteiger partial charge >= 0.3 is 5.97 Å². The Morgan fingerprint density at radius 2 is 2.11 bits per heavy atom. The fourth-order valence-electron chi connectivity index (χ4n) is 1.69. The third kappa shape index (κ3) is 2.68. The van der Waals surface area contributed by atoms with Crippen molar-refractivity contribution in [2.45, 2.75) is 13.0 Å². The lowest BCUT2D eigenvalue weighted by Gasteiger charge is -2.01. The third-order valence-electron chi connectivity index (χ3n) is 2.64. The summed E-state index contributed by atoms with van der Waals surface area (Å²) in [5, 5.41) is 4.11. The van der Waals surface area contributed by atoms with Crippen LogP contribution in [0, 0.1) is 0 Å². The molecule has 0 bridgehead atoms. The molecule has 2 aromatic rings. The monoisotopic (exact) mass is 245 g/mol. The molecular weight excluding hydrogens is 230 g/mol. The lowest BCUT2D eigenvalue weighted by atomic mass is 10.1. The zero-order valence-electron chi connectivity index (χ0n) is 10.2. The van der Waals surface area contributed by atoms with Crippen LogP contribution in [0.1, 0.15) is 16.1 Å². The molecule has 0 fully saturated rings. The smallest absolute Gasteiger partial charge is 0.360 e. The van der Waals surface area contributed by atoms with Gasteiger partial charge in [0.15, 0.2) is 5.69 Å². The number of methoxy groups -OCH3 is 1. The van der Waals surface area contributed by atoms with E-state index >= 15 is 0 Å². The number of carbonyl (C=O) groups is 1. The van der Waals surface area contributed by atoms with Crippen LogP contribution in [0.25, 0.3) is 0 Å². The van der Waals surface area contributed by atoms with Gasteiger partial charge in [0.2, 0.25) is 0 Å². The van der Waals surface area contributed by atoms with E-state index < -0.39 is 5.97 Å². The maximum absolute atomic E-state index is 11.3. The van der Waals surface area contributed by atoms with E-state index in [1.165, 1.54) is 12.7 Å². The summed E-state index contributed by atoms with van der Waals surface area (Å²) in [6.07, 6.45) is 2.48. The fraction of sp³-hybridized carbons (Fsp3) is 0.231. The quantitative estimate of drug-likeness (QED) is 0.828. The number of esters is 1. The largest absolute Gasteiger partial charge is 0.464 e. The van der Waals surface area contributed by atoms with Gasteiger partial charge in [0.25, 0.3) is 0 Å². The van der Waals surface area contributed by atoms with Gasteiger partial charge in [-0.05, 0) is 12.0 Å². The van der Waals surface area contributed by atoms with E-state index in [0.29, 0.717) is 12.2 Å². The Kier molecular flexibility index (Phi) is 3.62. The van der Waals surface area contributed by atoms with Crippen LogP contribution in [0.5, 0.6) is 0 Å². The van der Waals surface area contributed by atoms with Crippen molar-refractivity contribution in [3.8, 4) is 0 Å². The molecule has 2 rings (SSSR count). The maximum atomic E-state index is 11.3. The molecule has 0 aliphatic carbocycles. The number of aromatic nitrogens is 2. The molecule has 0 amide bonds.